The summed E-state index contributed by atoms with van der Waals surface area (Å²) in [6.07, 6.45) is 4.21. The van der Waals surface area contributed by atoms with Gasteiger partial charge in [-0.3, -0.25) is 9.78 Å². The molecular formula is C8H6N2O. The van der Waals surface area contributed by atoms with Crippen LogP contribution in [0.25, 0.3) is 10.9 Å². The SMILES string of the molecule is O=Cc1cc2cc[nH]c2cn1. The number of carbonyl (C=O) groups excluding carboxylic acids is 1. The van der Waals surface area contributed by atoms with Crippen molar-refractivity contribution >= 4 is 17.2 Å². The molecule has 3 heteroatoms. The summed E-state index contributed by atoms with van der Waals surface area (Å²) in [5.41, 5.74) is 1.42. The van der Waals surface area contributed by atoms with Crippen LogP contribution in [0.15, 0.2) is 24.5 Å². The van der Waals surface area contributed by atoms with E-state index >= 15 is 0 Å². The van der Waals surface area contributed by atoms with Crippen molar-refractivity contribution in [1.82, 2.24) is 9.97 Å². The van der Waals surface area contributed by atoms with Crippen LogP contribution in [-0.4, -0.2) is 16.3 Å². The highest BCUT2D eigenvalue weighted by molar-refractivity contribution is 5.84. The average Bonchev–Trinajstić information content (AvgIpc) is 2.50. The first-order valence-corrected chi connectivity index (χ1v) is 3.28. The van der Waals surface area contributed by atoms with E-state index in [-0.39, 0.29) is 0 Å². The minimum absolute atomic E-state index is 0.470. The molecule has 2 rings (SSSR count). The molecular weight excluding hydrogens is 140 g/mol. The molecule has 0 aliphatic heterocycles. The largest absolute Gasteiger partial charge is 0.360 e. The summed E-state index contributed by atoms with van der Waals surface area (Å²) in [5.74, 6) is 0. The maximum Gasteiger partial charge on any atom is 0.168 e. The molecule has 11 heavy (non-hydrogen) atoms. The summed E-state index contributed by atoms with van der Waals surface area (Å²) in [4.78, 5) is 17.2. The van der Waals surface area contributed by atoms with E-state index in [2.05, 4.69) is 9.97 Å². The Kier molecular flexibility index (Phi) is 1.22. The fraction of sp³-hybridized carbons (Fsp3) is 0. The smallest absolute Gasteiger partial charge is 0.168 e. The molecule has 3 nitrogen and oxygen atoms in total. The number of carbonyl (C=O) groups is 1. The number of rotatable bonds is 1. The Labute approximate surface area is 63.1 Å². The normalized spacial score (nSPS) is 10.2. The van der Waals surface area contributed by atoms with Gasteiger partial charge in [-0.15, -0.1) is 0 Å². The van der Waals surface area contributed by atoms with Gasteiger partial charge in [-0.05, 0) is 12.1 Å². The summed E-state index contributed by atoms with van der Waals surface area (Å²) in [6, 6.07) is 3.66. The van der Waals surface area contributed by atoms with Crippen molar-refractivity contribution in [2.24, 2.45) is 0 Å². The molecule has 2 aromatic rings. The third-order valence-electron chi connectivity index (χ3n) is 1.58. The lowest BCUT2D eigenvalue weighted by molar-refractivity contribution is 0.111. The summed E-state index contributed by atoms with van der Waals surface area (Å²) in [5, 5.41) is 1.02. The zero-order chi connectivity index (χ0) is 7.68. The number of aromatic amines is 1. The molecule has 0 aliphatic carbocycles. The molecule has 0 fully saturated rings. The predicted molar refractivity (Wildman–Crippen MR) is 41.5 cm³/mol. The number of H-pyrrole nitrogens is 1. The minimum Gasteiger partial charge on any atom is -0.360 e. The first-order valence-electron chi connectivity index (χ1n) is 3.28. The minimum atomic E-state index is 0.470. The van der Waals surface area contributed by atoms with E-state index in [4.69, 9.17) is 0 Å². The van der Waals surface area contributed by atoms with Gasteiger partial charge in [-0.1, -0.05) is 0 Å². The van der Waals surface area contributed by atoms with Crippen LogP contribution in [0.1, 0.15) is 10.5 Å². The summed E-state index contributed by atoms with van der Waals surface area (Å²) >= 11 is 0. The highest BCUT2D eigenvalue weighted by Crippen LogP contribution is 2.10. The number of aldehydes is 1. The lowest BCUT2D eigenvalue weighted by Gasteiger charge is -1.89. The van der Waals surface area contributed by atoms with Crippen LogP contribution in [0.3, 0.4) is 0 Å². The van der Waals surface area contributed by atoms with Gasteiger partial charge in [0.1, 0.15) is 5.69 Å². The topological polar surface area (TPSA) is 45.8 Å². The van der Waals surface area contributed by atoms with E-state index < -0.39 is 0 Å². The van der Waals surface area contributed by atoms with Crippen molar-refractivity contribution in [3.8, 4) is 0 Å². The molecule has 2 heterocycles. The molecule has 2 aromatic heterocycles. The fourth-order valence-electron chi connectivity index (χ4n) is 1.03. The highest BCUT2D eigenvalue weighted by atomic mass is 16.1. The van der Waals surface area contributed by atoms with Crippen molar-refractivity contribution < 1.29 is 4.79 Å². The quantitative estimate of drug-likeness (QED) is 0.617. The van der Waals surface area contributed by atoms with Gasteiger partial charge < -0.3 is 4.98 Å². The van der Waals surface area contributed by atoms with Crippen LogP contribution in [0.5, 0.6) is 0 Å². The van der Waals surface area contributed by atoms with E-state index in [1.165, 1.54) is 0 Å². The molecule has 0 radical (unpaired) electrons. The second-order valence-electron chi connectivity index (χ2n) is 2.29. The Balaban J connectivity index is 2.76. The molecule has 0 aromatic carbocycles. The van der Waals surface area contributed by atoms with Gasteiger partial charge in [0.2, 0.25) is 0 Å². The molecule has 0 unspecified atom stereocenters. The molecule has 0 bridgehead atoms. The van der Waals surface area contributed by atoms with Gasteiger partial charge in [0.25, 0.3) is 0 Å². The average molecular weight is 146 g/mol. The van der Waals surface area contributed by atoms with Crippen molar-refractivity contribution in [2.75, 3.05) is 0 Å². The molecule has 1 N–H and O–H groups in total. The lowest BCUT2D eigenvalue weighted by Crippen LogP contribution is -1.83. The van der Waals surface area contributed by atoms with Crippen LogP contribution in [0, 0.1) is 0 Å². The number of nitrogens with zero attached hydrogens (tertiary/aromatic N) is 1. The third-order valence-corrected chi connectivity index (χ3v) is 1.58. The van der Waals surface area contributed by atoms with Gasteiger partial charge in [0.15, 0.2) is 6.29 Å². The Bertz CT molecular complexity index is 392. The summed E-state index contributed by atoms with van der Waals surface area (Å²) in [7, 11) is 0. The maximum absolute atomic E-state index is 10.3. The molecule has 54 valence electrons. The first kappa shape index (κ1) is 6.09. The molecule has 0 saturated heterocycles. The number of aromatic nitrogens is 2. The van der Waals surface area contributed by atoms with E-state index in [0.717, 1.165) is 17.2 Å². The van der Waals surface area contributed by atoms with Crippen LogP contribution in [0.4, 0.5) is 0 Å². The van der Waals surface area contributed by atoms with Gasteiger partial charge in [0.05, 0.1) is 11.7 Å². The summed E-state index contributed by atoms with van der Waals surface area (Å²) < 4.78 is 0. The van der Waals surface area contributed by atoms with Crippen molar-refractivity contribution in [1.29, 1.82) is 0 Å². The number of hydrogen-bond donors (Lipinski definition) is 1. The van der Waals surface area contributed by atoms with E-state index in [1.54, 1.807) is 12.3 Å². The zero-order valence-electron chi connectivity index (χ0n) is 5.74. The molecule has 0 aliphatic rings. The number of nitrogens with one attached hydrogen (secondary N) is 1. The number of fused-ring (bicyclic) bond motifs is 1. The highest BCUT2D eigenvalue weighted by Gasteiger charge is 1.95. The van der Waals surface area contributed by atoms with E-state index in [1.807, 2.05) is 12.3 Å². The first-order chi connectivity index (χ1) is 5.40. The summed E-state index contributed by atoms with van der Waals surface area (Å²) in [6.45, 7) is 0. The Morgan fingerprint density at radius 3 is 3.27 bits per heavy atom. The Morgan fingerprint density at radius 2 is 2.45 bits per heavy atom. The fourth-order valence-corrected chi connectivity index (χ4v) is 1.03. The predicted octanol–water partition coefficient (Wildman–Crippen LogP) is 1.38. The third kappa shape index (κ3) is 0.902. The maximum atomic E-state index is 10.3. The zero-order valence-corrected chi connectivity index (χ0v) is 5.74. The van der Waals surface area contributed by atoms with E-state index in [0.29, 0.717) is 5.69 Å². The lowest BCUT2D eigenvalue weighted by atomic mass is 10.3. The molecule has 0 amide bonds. The van der Waals surface area contributed by atoms with Crippen LogP contribution >= 0.6 is 0 Å². The second-order valence-corrected chi connectivity index (χ2v) is 2.29. The van der Waals surface area contributed by atoms with Crippen LogP contribution in [-0.2, 0) is 0 Å². The van der Waals surface area contributed by atoms with Crippen molar-refractivity contribution in [2.45, 2.75) is 0 Å². The van der Waals surface area contributed by atoms with Crippen molar-refractivity contribution in [3.05, 3.63) is 30.2 Å². The van der Waals surface area contributed by atoms with Crippen LogP contribution in [0.2, 0.25) is 0 Å². The molecule has 0 spiro atoms. The Hall–Kier alpha value is -1.64. The monoisotopic (exact) mass is 146 g/mol. The number of hydrogen-bond acceptors (Lipinski definition) is 2. The van der Waals surface area contributed by atoms with Gasteiger partial charge in [-0.2, -0.15) is 0 Å². The number of pyridine rings is 1. The standard InChI is InChI=1S/C8H6N2O/c11-5-7-3-6-1-2-9-8(6)4-10-7/h1-5,9H. The van der Waals surface area contributed by atoms with Gasteiger partial charge >= 0.3 is 0 Å². The van der Waals surface area contributed by atoms with Gasteiger partial charge in [-0.25, -0.2) is 0 Å². The van der Waals surface area contributed by atoms with Crippen LogP contribution < -0.4 is 0 Å². The second kappa shape index (κ2) is 2.20. The van der Waals surface area contributed by atoms with Crippen molar-refractivity contribution in [3.63, 3.8) is 0 Å². The molecule has 0 saturated carbocycles. The van der Waals surface area contributed by atoms with Gasteiger partial charge in [0, 0.05) is 11.6 Å². The molecule has 0 atom stereocenters. The Morgan fingerprint density at radius 1 is 1.55 bits per heavy atom. The van der Waals surface area contributed by atoms with E-state index in [9.17, 15) is 4.79 Å².